The zero-order valence-electron chi connectivity index (χ0n) is 13.6. The van der Waals surface area contributed by atoms with Crippen molar-refractivity contribution in [2.24, 2.45) is 0 Å². The molecule has 134 valence electrons. The second-order valence-electron chi connectivity index (χ2n) is 5.70. The molecule has 0 spiro atoms. The van der Waals surface area contributed by atoms with E-state index in [9.17, 15) is 9.59 Å². The second-order valence-corrected chi connectivity index (χ2v) is 8.85. The number of esters is 1. The van der Waals surface area contributed by atoms with Crippen LogP contribution in [0.15, 0.2) is 21.9 Å². The molecular formula is C16H19N3O3S3. The van der Waals surface area contributed by atoms with Crippen LogP contribution >= 0.6 is 34.4 Å². The molecule has 0 atom stereocenters. The van der Waals surface area contributed by atoms with Gasteiger partial charge in [-0.3, -0.25) is 9.59 Å². The predicted octanol–water partition coefficient (Wildman–Crippen LogP) is 3.86. The molecule has 6 nitrogen and oxygen atoms in total. The number of thiophene rings is 1. The lowest BCUT2D eigenvalue weighted by Gasteiger charge is -2.21. The summed E-state index contributed by atoms with van der Waals surface area (Å²) < 4.78 is 5.74. The summed E-state index contributed by atoms with van der Waals surface area (Å²) >= 11 is 4.07. The van der Waals surface area contributed by atoms with Crippen LogP contribution in [0, 0.1) is 0 Å². The molecule has 1 fully saturated rings. The van der Waals surface area contributed by atoms with Crippen molar-refractivity contribution in [2.75, 3.05) is 17.7 Å². The summed E-state index contributed by atoms with van der Waals surface area (Å²) in [5.74, 6) is -0.481. The Kier molecular flexibility index (Phi) is 6.83. The van der Waals surface area contributed by atoms with Gasteiger partial charge in [-0.1, -0.05) is 48.4 Å². The standard InChI is InChI=1S/C16H19N3O3S3/c20-12(13-7-4-8-23-13)9-22-14(21)10-24-16-19-18-15(25-16)17-11-5-2-1-3-6-11/h4,7-8,11H,1-3,5-6,9-10H2,(H,17,18). The van der Waals surface area contributed by atoms with Gasteiger partial charge in [-0.05, 0) is 24.3 Å². The van der Waals surface area contributed by atoms with Gasteiger partial charge in [-0.2, -0.15) is 0 Å². The van der Waals surface area contributed by atoms with Crippen LogP contribution in [0.2, 0.25) is 0 Å². The van der Waals surface area contributed by atoms with E-state index in [1.54, 1.807) is 12.1 Å². The fraction of sp³-hybridized carbons (Fsp3) is 0.500. The summed E-state index contributed by atoms with van der Waals surface area (Å²) in [6.07, 6.45) is 6.17. The van der Waals surface area contributed by atoms with E-state index in [-0.39, 0.29) is 18.1 Å². The van der Waals surface area contributed by atoms with Crippen LogP contribution in [-0.2, 0) is 9.53 Å². The molecule has 1 N–H and O–H groups in total. The van der Waals surface area contributed by atoms with Crippen LogP contribution < -0.4 is 5.32 Å². The number of nitrogens with zero attached hydrogens (tertiary/aromatic N) is 2. The molecular weight excluding hydrogens is 378 g/mol. The fourth-order valence-corrected chi connectivity index (χ4v) is 4.84. The number of rotatable bonds is 8. The number of carbonyl (C=O) groups is 2. The normalized spacial score (nSPS) is 15.0. The van der Waals surface area contributed by atoms with Crippen LogP contribution in [0.4, 0.5) is 5.13 Å². The third-order valence-electron chi connectivity index (χ3n) is 3.81. The van der Waals surface area contributed by atoms with Crippen molar-refractivity contribution in [3.8, 4) is 0 Å². The van der Waals surface area contributed by atoms with E-state index >= 15 is 0 Å². The lowest BCUT2D eigenvalue weighted by molar-refractivity contribution is -0.139. The highest BCUT2D eigenvalue weighted by atomic mass is 32.2. The molecule has 0 aliphatic heterocycles. The Morgan fingerprint density at radius 3 is 2.88 bits per heavy atom. The molecule has 2 heterocycles. The van der Waals surface area contributed by atoms with E-state index in [4.69, 9.17) is 4.74 Å². The van der Waals surface area contributed by atoms with Crippen molar-refractivity contribution in [2.45, 2.75) is 42.5 Å². The number of ketones is 1. The Bertz CT molecular complexity index is 697. The van der Waals surface area contributed by atoms with Crippen LogP contribution in [0.3, 0.4) is 0 Å². The molecule has 25 heavy (non-hydrogen) atoms. The Labute approximate surface area is 158 Å². The fourth-order valence-electron chi connectivity index (χ4n) is 2.56. The van der Waals surface area contributed by atoms with E-state index in [2.05, 4.69) is 15.5 Å². The molecule has 0 saturated heterocycles. The quantitative estimate of drug-likeness (QED) is 0.411. The zero-order chi connectivity index (χ0) is 17.5. The summed E-state index contributed by atoms with van der Waals surface area (Å²) in [4.78, 5) is 24.1. The molecule has 0 radical (unpaired) electrons. The average Bonchev–Trinajstić information content (AvgIpc) is 3.31. The van der Waals surface area contributed by atoms with Gasteiger partial charge < -0.3 is 10.1 Å². The Balaban J connectivity index is 1.38. The third kappa shape index (κ3) is 5.79. The highest BCUT2D eigenvalue weighted by molar-refractivity contribution is 8.01. The van der Waals surface area contributed by atoms with Crippen LogP contribution in [0.5, 0.6) is 0 Å². The van der Waals surface area contributed by atoms with Crippen molar-refractivity contribution in [1.29, 1.82) is 0 Å². The highest BCUT2D eigenvalue weighted by Gasteiger charge is 2.16. The smallest absolute Gasteiger partial charge is 0.316 e. The summed E-state index contributed by atoms with van der Waals surface area (Å²) in [5, 5.41) is 14.3. The summed E-state index contributed by atoms with van der Waals surface area (Å²) in [5.41, 5.74) is 0. The molecule has 0 amide bonds. The lowest BCUT2D eigenvalue weighted by Crippen LogP contribution is -2.21. The zero-order valence-corrected chi connectivity index (χ0v) is 16.1. The Morgan fingerprint density at radius 1 is 1.28 bits per heavy atom. The van der Waals surface area contributed by atoms with Gasteiger partial charge >= 0.3 is 5.97 Å². The molecule has 1 aliphatic rings. The molecule has 0 bridgehead atoms. The first-order valence-electron chi connectivity index (χ1n) is 8.16. The molecule has 2 aromatic rings. The maximum Gasteiger partial charge on any atom is 0.316 e. The van der Waals surface area contributed by atoms with Gasteiger partial charge in [0.1, 0.15) is 0 Å². The van der Waals surface area contributed by atoms with Crippen molar-refractivity contribution < 1.29 is 14.3 Å². The summed E-state index contributed by atoms with van der Waals surface area (Å²) in [6, 6.07) is 3.99. The third-order valence-corrected chi connectivity index (χ3v) is 6.69. The SMILES string of the molecule is O=C(CSc1nnc(NC2CCCCC2)s1)OCC(=O)c1cccs1. The molecule has 0 unspecified atom stereocenters. The van der Waals surface area contributed by atoms with Crippen molar-refractivity contribution in [1.82, 2.24) is 10.2 Å². The highest BCUT2D eigenvalue weighted by Crippen LogP contribution is 2.28. The topological polar surface area (TPSA) is 81.2 Å². The van der Waals surface area contributed by atoms with Crippen LogP contribution in [0.25, 0.3) is 0 Å². The van der Waals surface area contributed by atoms with E-state index in [0.717, 1.165) is 9.47 Å². The van der Waals surface area contributed by atoms with Crippen molar-refractivity contribution in [3.63, 3.8) is 0 Å². The number of hydrogen-bond donors (Lipinski definition) is 1. The van der Waals surface area contributed by atoms with Gasteiger partial charge in [0.15, 0.2) is 10.9 Å². The Hall–Kier alpha value is -1.45. The Morgan fingerprint density at radius 2 is 2.12 bits per heavy atom. The van der Waals surface area contributed by atoms with Crippen molar-refractivity contribution in [3.05, 3.63) is 22.4 Å². The monoisotopic (exact) mass is 397 g/mol. The number of nitrogens with one attached hydrogen (secondary N) is 1. The molecule has 3 rings (SSSR count). The lowest BCUT2D eigenvalue weighted by atomic mass is 9.96. The first kappa shape index (κ1) is 18.3. The van der Waals surface area contributed by atoms with E-state index in [1.165, 1.54) is 66.5 Å². The van der Waals surface area contributed by atoms with Gasteiger partial charge in [-0.15, -0.1) is 21.5 Å². The molecule has 0 aromatic carbocycles. The number of anilines is 1. The van der Waals surface area contributed by atoms with Crippen LogP contribution in [-0.4, -0.2) is 40.4 Å². The molecule has 1 saturated carbocycles. The number of thioether (sulfide) groups is 1. The number of carbonyl (C=O) groups excluding carboxylic acids is 2. The molecule has 9 heteroatoms. The minimum atomic E-state index is -0.424. The molecule has 1 aliphatic carbocycles. The van der Waals surface area contributed by atoms with Crippen molar-refractivity contribution >= 4 is 51.3 Å². The summed E-state index contributed by atoms with van der Waals surface area (Å²) in [7, 11) is 0. The number of Topliss-reactive ketones (excluding diaryl/α,β-unsaturated/α-hetero) is 1. The van der Waals surface area contributed by atoms with Crippen LogP contribution in [0.1, 0.15) is 41.8 Å². The first-order valence-corrected chi connectivity index (χ1v) is 10.8. The van der Waals surface area contributed by atoms with E-state index < -0.39 is 5.97 Å². The first-order chi connectivity index (χ1) is 12.2. The average molecular weight is 398 g/mol. The largest absolute Gasteiger partial charge is 0.457 e. The maximum atomic E-state index is 11.8. The maximum absolute atomic E-state index is 11.8. The predicted molar refractivity (Wildman–Crippen MR) is 101 cm³/mol. The summed E-state index contributed by atoms with van der Waals surface area (Å²) in [6.45, 7) is -0.218. The van der Waals surface area contributed by atoms with Gasteiger partial charge in [0.2, 0.25) is 10.9 Å². The van der Waals surface area contributed by atoms with Gasteiger partial charge in [0.25, 0.3) is 0 Å². The second kappa shape index (κ2) is 9.30. The minimum Gasteiger partial charge on any atom is -0.457 e. The number of aromatic nitrogens is 2. The van der Waals surface area contributed by atoms with E-state index in [1.807, 2.05) is 5.38 Å². The minimum absolute atomic E-state index is 0.121. The van der Waals surface area contributed by atoms with Gasteiger partial charge in [0, 0.05) is 6.04 Å². The number of hydrogen-bond acceptors (Lipinski definition) is 9. The molecule has 2 aromatic heterocycles. The van der Waals surface area contributed by atoms with Gasteiger partial charge in [-0.25, -0.2) is 0 Å². The number of ether oxygens (including phenoxy) is 1. The van der Waals surface area contributed by atoms with Gasteiger partial charge in [0.05, 0.1) is 10.6 Å². The van der Waals surface area contributed by atoms with E-state index in [0.29, 0.717) is 10.9 Å².